The van der Waals surface area contributed by atoms with Gasteiger partial charge in [-0.1, -0.05) is 5.16 Å². The minimum absolute atomic E-state index is 0.0167. The summed E-state index contributed by atoms with van der Waals surface area (Å²) in [7, 11) is 0. The number of aryl methyl sites for hydroxylation is 2. The first-order valence-electron chi connectivity index (χ1n) is 7.50. The van der Waals surface area contributed by atoms with Crippen molar-refractivity contribution in [2.45, 2.75) is 45.1 Å². The highest BCUT2D eigenvalue weighted by Gasteiger charge is 2.29. The lowest BCUT2D eigenvalue weighted by molar-refractivity contribution is -0.135. The Balaban J connectivity index is 1.67. The monoisotopic (exact) mass is 305 g/mol. The molecule has 1 unspecified atom stereocenters. The lowest BCUT2D eigenvalue weighted by Crippen LogP contribution is -2.38. The maximum Gasteiger partial charge on any atom is 0.340 e. The van der Waals surface area contributed by atoms with Gasteiger partial charge in [-0.15, -0.1) is 0 Å². The molecule has 8 heteroatoms. The van der Waals surface area contributed by atoms with Crippen molar-refractivity contribution in [2.75, 3.05) is 6.54 Å². The van der Waals surface area contributed by atoms with Crippen molar-refractivity contribution in [3.8, 4) is 0 Å². The number of nitrogens with zero attached hydrogens (tertiary/aromatic N) is 3. The summed E-state index contributed by atoms with van der Waals surface area (Å²) in [5.41, 5.74) is 0.468. The van der Waals surface area contributed by atoms with E-state index in [0.29, 0.717) is 18.7 Å². The van der Waals surface area contributed by atoms with Crippen molar-refractivity contribution < 1.29 is 9.32 Å². The summed E-state index contributed by atoms with van der Waals surface area (Å²) in [5, 5.41) is 10.2. The van der Waals surface area contributed by atoms with Crippen molar-refractivity contribution >= 4 is 5.91 Å². The zero-order valence-corrected chi connectivity index (χ0v) is 12.5. The number of amides is 1. The van der Waals surface area contributed by atoms with Crippen LogP contribution in [0.4, 0.5) is 0 Å². The minimum Gasteiger partial charge on any atom is -0.361 e. The van der Waals surface area contributed by atoms with E-state index >= 15 is 0 Å². The third-order valence-electron chi connectivity index (χ3n) is 3.94. The summed E-state index contributed by atoms with van der Waals surface area (Å²) in [6, 6.07) is 1.87. The summed E-state index contributed by atoms with van der Waals surface area (Å²) in [4.78, 5) is 27.9. The first-order valence-corrected chi connectivity index (χ1v) is 7.50. The number of aromatic nitrogens is 4. The summed E-state index contributed by atoms with van der Waals surface area (Å²) in [5.74, 6) is 1.31. The van der Waals surface area contributed by atoms with Crippen molar-refractivity contribution in [3.63, 3.8) is 0 Å². The van der Waals surface area contributed by atoms with Crippen molar-refractivity contribution in [3.05, 3.63) is 33.8 Å². The summed E-state index contributed by atoms with van der Waals surface area (Å²) >= 11 is 0. The predicted octanol–water partition coefficient (Wildman–Crippen LogP) is 1.08. The Bertz CT molecular complexity index is 701. The number of H-pyrrole nitrogens is 2. The van der Waals surface area contributed by atoms with Gasteiger partial charge in [-0.25, -0.2) is 9.89 Å². The average Bonchev–Trinajstić information content (AvgIpc) is 3.13. The molecule has 0 saturated carbocycles. The predicted molar refractivity (Wildman–Crippen MR) is 77.1 cm³/mol. The molecule has 1 aliphatic rings. The first-order chi connectivity index (χ1) is 10.6. The van der Waals surface area contributed by atoms with Crippen LogP contribution in [0, 0.1) is 6.92 Å². The number of carbonyl (C=O) groups excluding carboxylic acids is 1. The largest absolute Gasteiger partial charge is 0.361 e. The van der Waals surface area contributed by atoms with Gasteiger partial charge in [0.05, 0.1) is 6.04 Å². The smallest absolute Gasteiger partial charge is 0.340 e. The molecule has 1 amide bonds. The van der Waals surface area contributed by atoms with E-state index < -0.39 is 0 Å². The van der Waals surface area contributed by atoms with Crippen LogP contribution in [0.15, 0.2) is 15.4 Å². The molecule has 1 aliphatic heterocycles. The van der Waals surface area contributed by atoms with Gasteiger partial charge in [0, 0.05) is 25.5 Å². The van der Waals surface area contributed by atoms with Gasteiger partial charge < -0.3 is 9.42 Å². The highest BCUT2D eigenvalue weighted by Crippen LogP contribution is 2.31. The molecule has 0 aromatic carbocycles. The van der Waals surface area contributed by atoms with Gasteiger partial charge in [-0.3, -0.25) is 9.78 Å². The van der Waals surface area contributed by atoms with Gasteiger partial charge in [0.25, 0.3) is 0 Å². The van der Waals surface area contributed by atoms with E-state index in [9.17, 15) is 9.59 Å². The summed E-state index contributed by atoms with van der Waals surface area (Å²) in [6.07, 6.45) is 3.70. The number of likely N-dealkylation sites (tertiary alicyclic amines) is 1. The van der Waals surface area contributed by atoms with E-state index in [2.05, 4.69) is 20.3 Å². The maximum atomic E-state index is 12.5. The molecule has 1 fully saturated rings. The molecule has 22 heavy (non-hydrogen) atoms. The molecular formula is C14H19N5O3. The number of piperidine rings is 1. The molecule has 2 aromatic heterocycles. The van der Waals surface area contributed by atoms with Crippen molar-refractivity contribution in [1.82, 2.24) is 25.2 Å². The van der Waals surface area contributed by atoms with Crippen LogP contribution in [0.5, 0.6) is 0 Å². The maximum absolute atomic E-state index is 12.5. The van der Waals surface area contributed by atoms with Crippen molar-refractivity contribution in [1.29, 1.82) is 0 Å². The normalized spacial score (nSPS) is 18.6. The molecule has 8 nitrogen and oxygen atoms in total. The lowest BCUT2D eigenvalue weighted by atomic mass is 9.98. The molecule has 3 heterocycles. The molecule has 1 saturated heterocycles. The molecule has 0 bridgehead atoms. The topological polar surface area (TPSA) is 108 Å². The lowest BCUT2D eigenvalue weighted by Gasteiger charge is -2.34. The molecule has 0 radical (unpaired) electrons. The summed E-state index contributed by atoms with van der Waals surface area (Å²) < 4.78 is 5.14. The van der Waals surface area contributed by atoms with Gasteiger partial charge in [-0.05, 0) is 26.2 Å². The van der Waals surface area contributed by atoms with Gasteiger partial charge >= 0.3 is 5.69 Å². The molecule has 0 aliphatic carbocycles. The fraction of sp³-hybridized carbons (Fsp3) is 0.571. The molecule has 1 atom stereocenters. The van der Waals surface area contributed by atoms with Crippen LogP contribution >= 0.6 is 0 Å². The second-order valence-electron chi connectivity index (χ2n) is 5.59. The Kier molecular flexibility index (Phi) is 4.08. The van der Waals surface area contributed by atoms with Gasteiger partial charge in [0.15, 0.2) is 0 Å². The molecule has 0 spiro atoms. The molecule has 118 valence electrons. The Morgan fingerprint density at radius 1 is 1.50 bits per heavy atom. The third kappa shape index (κ3) is 3.10. The van der Waals surface area contributed by atoms with Gasteiger partial charge in [-0.2, -0.15) is 5.10 Å². The number of hydrogen-bond donors (Lipinski definition) is 2. The zero-order valence-electron chi connectivity index (χ0n) is 12.5. The number of hydrogen-bond acceptors (Lipinski definition) is 5. The van der Waals surface area contributed by atoms with Crippen LogP contribution in [0.2, 0.25) is 0 Å². The Labute approximate surface area is 126 Å². The second-order valence-corrected chi connectivity index (χ2v) is 5.59. The summed E-state index contributed by atoms with van der Waals surface area (Å²) in [6.45, 7) is 2.58. The van der Waals surface area contributed by atoms with Crippen LogP contribution in [-0.4, -0.2) is 37.7 Å². The van der Waals surface area contributed by atoms with E-state index in [1.54, 1.807) is 0 Å². The molecule has 2 aromatic rings. The van der Waals surface area contributed by atoms with E-state index in [1.807, 2.05) is 17.9 Å². The standard InChI is InChI=1S/C14H19N5O3/c1-9-8-10(18-22-9)11-4-2-3-7-19(11)13(20)6-5-12-15-14(21)17-16-12/h8,11H,2-7H2,1H3,(H2,15,16,17,21). The van der Waals surface area contributed by atoms with Gasteiger partial charge in [0.1, 0.15) is 17.3 Å². The molecule has 3 rings (SSSR count). The Hall–Kier alpha value is -2.38. The van der Waals surface area contributed by atoms with Crippen LogP contribution in [0.1, 0.15) is 49.0 Å². The number of rotatable bonds is 4. The average molecular weight is 305 g/mol. The molecular weight excluding hydrogens is 286 g/mol. The first kappa shape index (κ1) is 14.6. The van der Waals surface area contributed by atoms with Crippen molar-refractivity contribution in [2.24, 2.45) is 0 Å². The van der Waals surface area contributed by atoms with E-state index in [0.717, 1.165) is 37.3 Å². The fourth-order valence-electron chi connectivity index (χ4n) is 2.87. The zero-order chi connectivity index (χ0) is 15.5. The van der Waals surface area contributed by atoms with E-state index in [1.165, 1.54) is 0 Å². The van der Waals surface area contributed by atoms with Crippen LogP contribution < -0.4 is 5.69 Å². The SMILES string of the molecule is Cc1cc(C2CCCCN2C(=O)CCc2n[nH]c(=O)[nH]2)no1. The van der Waals surface area contributed by atoms with Crippen LogP contribution in [0.3, 0.4) is 0 Å². The number of nitrogens with one attached hydrogen (secondary N) is 2. The Morgan fingerprint density at radius 2 is 2.36 bits per heavy atom. The quantitative estimate of drug-likeness (QED) is 0.878. The van der Waals surface area contributed by atoms with Crippen LogP contribution in [0.25, 0.3) is 0 Å². The highest BCUT2D eigenvalue weighted by atomic mass is 16.5. The number of aromatic amines is 2. The Morgan fingerprint density at radius 3 is 3.05 bits per heavy atom. The van der Waals surface area contributed by atoms with Gasteiger partial charge in [0.2, 0.25) is 5.91 Å². The van der Waals surface area contributed by atoms with E-state index in [4.69, 9.17) is 4.52 Å². The van der Waals surface area contributed by atoms with E-state index in [-0.39, 0.29) is 17.6 Å². The number of carbonyl (C=O) groups is 1. The second kappa shape index (κ2) is 6.17. The molecule has 2 N–H and O–H groups in total. The van der Waals surface area contributed by atoms with Crippen LogP contribution in [-0.2, 0) is 11.2 Å². The fourth-order valence-corrected chi connectivity index (χ4v) is 2.87. The third-order valence-corrected chi connectivity index (χ3v) is 3.94. The minimum atomic E-state index is -0.351. The highest BCUT2D eigenvalue weighted by molar-refractivity contribution is 5.77.